The highest BCUT2D eigenvalue weighted by molar-refractivity contribution is 6.00. The van der Waals surface area contributed by atoms with Gasteiger partial charge < -0.3 is 9.47 Å². The number of hydrogen-bond donors (Lipinski definition) is 0. The maximum absolute atomic E-state index is 12.7. The average Bonchev–Trinajstić information content (AvgIpc) is 3.05. The van der Waals surface area contributed by atoms with Gasteiger partial charge in [-0.25, -0.2) is 0 Å². The van der Waals surface area contributed by atoms with E-state index < -0.39 is 0 Å². The van der Waals surface area contributed by atoms with Crippen LogP contribution >= 0.6 is 0 Å². The van der Waals surface area contributed by atoms with E-state index in [9.17, 15) is 9.59 Å². The van der Waals surface area contributed by atoms with Crippen molar-refractivity contribution in [3.05, 3.63) is 35.5 Å². The van der Waals surface area contributed by atoms with Crippen LogP contribution < -0.4 is 0 Å². The molecule has 1 aromatic carbocycles. The standard InChI is InChI=1S/C21H26N2O2/c1-15(24)22-10-6-16(7-11-22)4-5-20(25)19-13-17-3-2-9-23-12-8-18(14-19)21(17)23/h8,12-14,16H,2-7,9-11H2,1H3. The van der Waals surface area contributed by atoms with Crippen molar-refractivity contribution in [1.82, 2.24) is 9.47 Å². The first-order valence-corrected chi connectivity index (χ1v) is 9.52. The van der Waals surface area contributed by atoms with Crippen LogP contribution in [-0.2, 0) is 17.8 Å². The van der Waals surface area contributed by atoms with E-state index in [2.05, 4.69) is 29.0 Å². The van der Waals surface area contributed by atoms with Gasteiger partial charge in [0.1, 0.15) is 0 Å². The number of carbonyl (C=O) groups excluding carboxylic acids is 2. The largest absolute Gasteiger partial charge is 0.347 e. The molecule has 0 spiro atoms. The summed E-state index contributed by atoms with van der Waals surface area (Å²) < 4.78 is 2.31. The number of benzene rings is 1. The van der Waals surface area contributed by atoms with Crippen molar-refractivity contribution < 1.29 is 9.59 Å². The molecule has 2 aliphatic heterocycles. The summed E-state index contributed by atoms with van der Waals surface area (Å²) in [6.07, 6.45) is 7.99. The molecule has 1 amide bonds. The minimum atomic E-state index is 0.170. The van der Waals surface area contributed by atoms with Gasteiger partial charge >= 0.3 is 0 Å². The van der Waals surface area contributed by atoms with E-state index >= 15 is 0 Å². The first-order valence-electron chi connectivity index (χ1n) is 9.52. The van der Waals surface area contributed by atoms with Crippen LogP contribution in [0.15, 0.2) is 24.4 Å². The molecule has 1 aromatic heterocycles. The van der Waals surface area contributed by atoms with Crippen LogP contribution in [0.25, 0.3) is 10.9 Å². The molecule has 4 rings (SSSR count). The minimum Gasteiger partial charge on any atom is -0.347 e. The Labute approximate surface area is 148 Å². The third-order valence-corrected chi connectivity index (χ3v) is 5.95. The molecule has 0 atom stereocenters. The molecule has 0 radical (unpaired) electrons. The third-order valence-electron chi connectivity index (χ3n) is 5.95. The molecule has 132 valence electrons. The van der Waals surface area contributed by atoms with Crippen LogP contribution in [0.4, 0.5) is 0 Å². The maximum Gasteiger partial charge on any atom is 0.219 e. The number of Topliss-reactive ketones (excluding diaryl/α,β-unsaturated/α-hetero) is 1. The summed E-state index contributed by atoms with van der Waals surface area (Å²) in [6, 6.07) is 6.33. The van der Waals surface area contributed by atoms with E-state index in [-0.39, 0.29) is 11.7 Å². The van der Waals surface area contributed by atoms with E-state index in [0.29, 0.717) is 12.3 Å². The number of rotatable bonds is 4. The van der Waals surface area contributed by atoms with Crippen LogP contribution in [0, 0.1) is 5.92 Å². The molecule has 1 fully saturated rings. The Morgan fingerprint density at radius 3 is 2.72 bits per heavy atom. The monoisotopic (exact) mass is 338 g/mol. The Balaban J connectivity index is 1.40. The van der Waals surface area contributed by atoms with Gasteiger partial charge in [-0.3, -0.25) is 9.59 Å². The predicted octanol–water partition coefficient (Wildman–Crippen LogP) is 3.81. The van der Waals surface area contributed by atoms with E-state index in [1.165, 1.54) is 16.5 Å². The number of aromatic nitrogens is 1. The summed E-state index contributed by atoms with van der Waals surface area (Å²) in [5.74, 6) is 1.01. The van der Waals surface area contributed by atoms with Gasteiger partial charge in [-0.2, -0.15) is 0 Å². The topological polar surface area (TPSA) is 42.3 Å². The van der Waals surface area contributed by atoms with Crippen molar-refractivity contribution in [3.63, 3.8) is 0 Å². The van der Waals surface area contributed by atoms with E-state index in [1.54, 1.807) is 6.92 Å². The molecular weight excluding hydrogens is 312 g/mol. The molecule has 25 heavy (non-hydrogen) atoms. The molecule has 4 nitrogen and oxygen atoms in total. The predicted molar refractivity (Wildman–Crippen MR) is 98.8 cm³/mol. The fourth-order valence-electron chi connectivity index (χ4n) is 4.43. The van der Waals surface area contributed by atoms with Gasteiger partial charge in [0.25, 0.3) is 0 Å². The molecular formula is C21H26N2O2. The zero-order chi connectivity index (χ0) is 17.4. The summed E-state index contributed by atoms with van der Waals surface area (Å²) in [7, 11) is 0. The number of likely N-dealkylation sites (tertiary alicyclic amines) is 1. The van der Waals surface area contributed by atoms with E-state index in [1.807, 2.05) is 4.90 Å². The summed E-state index contributed by atoms with van der Waals surface area (Å²) >= 11 is 0. The van der Waals surface area contributed by atoms with Crippen LogP contribution in [0.3, 0.4) is 0 Å². The lowest BCUT2D eigenvalue weighted by atomic mass is 9.89. The quantitative estimate of drug-likeness (QED) is 0.796. The number of hydrogen-bond acceptors (Lipinski definition) is 2. The van der Waals surface area contributed by atoms with Crippen LogP contribution in [0.2, 0.25) is 0 Å². The molecule has 0 N–H and O–H groups in total. The molecule has 0 unspecified atom stereocenters. The van der Waals surface area contributed by atoms with Gasteiger partial charge in [-0.1, -0.05) is 0 Å². The van der Waals surface area contributed by atoms with Gasteiger partial charge in [0.05, 0.1) is 5.52 Å². The number of aryl methyl sites for hydroxylation is 2. The molecule has 2 aromatic rings. The van der Waals surface area contributed by atoms with Crippen LogP contribution in [0.5, 0.6) is 0 Å². The molecule has 4 heteroatoms. The molecule has 2 aliphatic rings. The van der Waals surface area contributed by atoms with Crippen molar-refractivity contribution in [3.8, 4) is 0 Å². The Kier molecular flexibility index (Phi) is 4.36. The van der Waals surface area contributed by atoms with Crippen molar-refractivity contribution >= 4 is 22.6 Å². The molecule has 1 saturated heterocycles. The van der Waals surface area contributed by atoms with Crippen LogP contribution in [-0.4, -0.2) is 34.2 Å². The summed E-state index contributed by atoms with van der Waals surface area (Å²) in [5, 5.41) is 1.20. The Hall–Kier alpha value is -2.10. The van der Waals surface area contributed by atoms with E-state index in [0.717, 1.165) is 57.3 Å². The number of nitrogens with zero attached hydrogens (tertiary/aromatic N) is 2. The van der Waals surface area contributed by atoms with Gasteiger partial charge in [0.15, 0.2) is 5.78 Å². The zero-order valence-corrected chi connectivity index (χ0v) is 15.0. The lowest BCUT2D eigenvalue weighted by Gasteiger charge is -2.31. The lowest BCUT2D eigenvalue weighted by molar-refractivity contribution is -0.130. The summed E-state index contributed by atoms with van der Waals surface area (Å²) in [4.78, 5) is 26.0. The Morgan fingerprint density at radius 2 is 1.96 bits per heavy atom. The van der Waals surface area contributed by atoms with Crippen LogP contribution in [0.1, 0.15) is 54.9 Å². The molecule has 3 heterocycles. The van der Waals surface area contributed by atoms with Gasteiger partial charge in [-0.15, -0.1) is 0 Å². The van der Waals surface area contributed by atoms with Crippen molar-refractivity contribution in [2.75, 3.05) is 13.1 Å². The maximum atomic E-state index is 12.7. The Bertz CT molecular complexity index is 813. The molecule has 0 saturated carbocycles. The van der Waals surface area contributed by atoms with Gasteiger partial charge in [0.2, 0.25) is 5.91 Å². The van der Waals surface area contributed by atoms with Crippen molar-refractivity contribution in [2.45, 2.75) is 52.0 Å². The first kappa shape index (κ1) is 16.4. The summed E-state index contributed by atoms with van der Waals surface area (Å²) in [5.41, 5.74) is 3.52. The number of ketones is 1. The lowest BCUT2D eigenvalue weighted by Crippen LogP contribution is -2.37. The van der Waals surface area contributed by atoms with Gasteiger partial charge in [0, 0.05) is 50.1 Å². The molecule has 0 bridgehead atoms. The first-order chi connectivity index (χ1) is 12.1. The SMILES string of the molecule is CC(=O)N1CCC(CCC(=O)c2cc3c4c(ccn4CCC3)c2)CC1. The normalized spacial score (nSPS) is 17.9. The fraction of sp³-hybridized carbons (Fsp3) is 0.524. The number of piperidine rings is 1. The smallest absolute Gasteiger partial charge is 0.219 e. The van der Waals surface area contributed by atoms with Crippen molar-refractivity contribution in [2.24, 2.45) is 5.92 Å². The Morgan fingerprint density at radius 1 is 1.16 bits per heavy atom. The minimum absolute atomic E-state index is 0.170. The second kappa shape index (κ2) is 6.66. The highest BCUT2D eigenvalue weighted by atomic mass is 16.2. The molecule has 0 aliphatic carbocycles. The fourth-order valence-corrected chi connectivity index (χ4v) is 4.43. The number of amides is 1. The van der Waals surface area contributed by atoms with Crippen molar-refractivity contribution in [1.29, 1.82) is 0 Å². The number of carbonyl (C=O) groups is 2. The average molecular weight is 338 g/mol. The zero-order valence-electron chi connectivity index (χ0n) is 15.0. The van der Waals surface area contributed by atoms with E-state index in [4.69, 9.17) is 0 Å². The second-order valence-corrected chi connectivity index (χ2v) is 7.60. The highest BCUT2D eigenvalue weighted by Crippen LogP contribution is 2.29. The van der Waals surface area contributed by atoms with Gasteiger partial charge in [-0.05, 0) is 61.8 Å². The second-order valence-electron chi connectivity index (χ2n) is 7.60. The third kappa shape index (κ3) is 3.22. The highest BCUT2D eigenvalue weighted by Gasteiger charge is 2.22. The summed E-state index contributed by atoms with van der Waals surface area (Å²) in [6.45, 7) is 4.41.